The first kappa shape index (κ1) is 15.0. The maximum Gasteiger partial charge on any atom is 0.124 e. The molecule has 1 aromatic heterocycles. The largest absolute Gasteiger partial charge is 0.338 e. The normalized spacial score (nSPS) is 12.6. The van der Waals surface area contributed by atoms with Crippen LogP contribution >= 0.6 is 11.6 Å². The van der Waals surface area contributed by atoms with Crippen molar-refractivity contribution >= 4 is 11.6 Å². The van der Waals surface area contributed by atoms with E-state index in [0.29, 0.717) is 5.02 Å². The number of hydrogen-bond donors (Lipinski definition) is 1. The van der Waals surface area contributed by atoms with Crippen LogP contribution in [-0.4, -0.2) is 16.1 Å². The SMILES string of the molecule is CCNC(CCc1nccn1C)c1ccc(F)cc1Cl. The molecule has 1 N–H and O–H groups in total. The first-order valence-corrected chi connectivity index (χ1v) is 7.14. The second kappa shape index (κ2) is 6.86. The second-order valence-electron chi connectivity index (χ2n) is 4.77. The number of nitrogens with zero attached hydrogens (tertiary/aromatic N) is 2. The molecule has 3 nitrogen and oxygen atoms in total. The molecule has 0 saturated carbocycles. The van der Waals surface area contributed by atoms with E-state index in [1.54, 1.807) is 12.3 Å². The van der Waals surface area contributed by atoms with Gasteiger partial charge in [-0.2, -0.15) is 0 Å². The van der Waals surface area contributed by atoms with Crippen LogP contribution in [0.4, 0.5) is 4.39 Å². The van der Waals surface area contributed by atoms with E-state index in [0.717, 1.165) is 30.8 Å². The van der Waals surface area contributed by atoms with Gasteiger partial charge >= 0.3 is 0 Å². The van der Waals surface area contributed by atoms with Gasteiger partial charge in [0.15, 0.2) is 0 Å². The van der Waals surface area contributed by atoms with Crippen LogP contribution in [0, 0.1) is 5.82 Å². The van der Waals surface area contributed by atoms with Gasteiger partial charge in [0.05, 0.1) is 0 Å². The summed E-state index contributed by atoms with van der Waals surface area (Å²) in [5.41, 5.74) is 0.934. The molecule has 1 unspecified atom stereocenters. The Morgan fingerprint density at radius 3 is 2.85 bits per heavy atom. The molecule has 1 heterocycles. The summed E-state index contributed by atoms with van der Waals surface area (Å²) in [5.74, 6) is 0.726. The molecule has 108 valence electrons. The average molecular weight is 296 g/mol. The van der Waals surface area contributed by atoms with E-state index in [-0.39, 0.29) is 11.9 Å². The van der Waals surface area contributed by atoms with Crippen LogP contribution < -0.4 is 5.32 Å². The van der Waals surface area contributed by atoms with Gasteiger partial charge in [-0.25, -0.2) is 9.37 Å². The van der Waals surface area contributed by atoms with Crippen molar-refractivity contribution in [2.75, 3.05) is 6.54 Å². The summed E-state index contributed by atoms with van der Waals surface area (Å²) in [7, 11) is 1.98. The van der Waals surface area contributed by atoms with Crippen molar-refractivity contribution in [3.05, 3.63) is 52.8 Å². The van der Waals surface area contributed by atoms with Gasteiger partial charge in [0.1, 0.15) is 11.6 Å². The Labute approximate surface area is 123 Å². The Balaban J connectivity index is 2.12. The Kier molecular flexibility index (Phi) is 5.15. The molecule has 0 fully saturated rings. The minimum atomic E-state index is -0.307. The third-order valence-corrected chi connectivity index (χ3v) is 3.69. The molecule has 1 atom stereocenters. The lowest BCUT2D eigenvalue weighted by molar-refractivity contribution is 0.504. The zero-order chi connectivity index (χ0) is 14.5. The van der Waals surface area contributed by atoms with Gasteiger partial charge in [0.25, 0.3) is 0 Å². The number of nitrogens with one attached hydrogen (secondary N) is 1. The molecule has 20 heavy (non-hydrogen) atoms. The van der Waals surface area contributed by atoms with Crippen molar-refractivity contribution in [1.29, 1.82) is 0 Å². The Morgan fingerprint density at radius 1 is 1.45 bits per heavy atom. The molecule has 0 bridgehead atoms. The molecular formula is C15H19ClFN3. The monoisotopic (exact) mass is 295 g/mol. The first-order valence-electron chi connectivity index (χ1n) is 6.76. The van der Waals surface area contributed by atoms with E-state index in [1.807, 2.05) is 24.7 Å². The van der Waals surface area contributed by atoms with Gasteiger partial charge in [-0.3, -0.25) is 0 Å². The highest BCUT2D eigenvalue weighted by Crippen LogP contribution is 2.27. The van der Waals surface area contributed by atoms with Gasteiger partial charge in [0.2, 0.25) is 0 Å². The Morgan fingerprint density at radius 2 is 2.25 bits per heavy atom. The van der Waals surface area contributed by atoms with E-state index in [1.165, 1.54) is 12.1 Å². The van der Waals surface area contributed by atoms with Crippen molar-refractivity contribution in [2.45, 2.75) is 25.8 Å². The van der Waals surface area contributed by atoms with Gasteiger partial charge in [0, 0.05) is 36.9 Å². The van der Waals surface area contributed by atoms with Crippen LogP contribution in [-0.2, 0) is 13.5 Å². The molecule has 0 aliphatic carbocycles. The fraction of sp³-hybridized carbons (Fsp3) is 0.400. The van der Waals surface area contributed by atoms with Gasteiger partial charge in [-0.05, 0) is 30.7 Å². The van der Waals surface area contributed by atoms with E-state index in [2.05, 4.69) is 10.3 Å². The summed E-state index contributed by atoms with van der Waals surface area (Å²) in [6.07, 6.45) is 5.43. The fourth-order valence-electron chi connectivity index (χ4n) is 2.31. The molecule has 0 saturated heterocycles. The smallest absolute Gasteiger partial charge is 0.124 e. The fourth-order valence-corrected chi connectivity index (χ4v) is 2.61. The highest BCUT2D eigenvalue weighted by Gasteiger charge is 2.15. The number of halogens is 2. The molecule has 0 aliphatic rings. The van der Waals surface area contributed by atoms with Crippen molar-refractivity contribution in [3.63, 3.8) is 0 Å². The number of aromatic nitrogens is 2. The summed E-state index contributed by atoms with van der Waals surface area (Å²) in [4.78, 5) is 4.32. The lowest BCUT2D eigenvalue weighted by atomic mass is 10.0. The number of aryl methyl sites for hydroxylation is 2. The van der Waals surface area contributed by atoms with Crippen LogP contribution in [0.1, 0.15) is 30.8 Å². The number of benzene rings is 1. The second-order valence-corrected chi connectivity index (χ2v) is 5.18. The van der Waals surface area contributed by atoms with Crippen molar-refractivity contribution < 1.29 is 4.39 Å². The molecular weight excluding hydrogens is 277 g/mol. The van der Waals surface area contributed by atoms with Gasteiger partial charge in [-0.1, -0.05) is 24.6 Å². The summed E-state index contributed by atoms with van der Waals surface area (Å²) in [6, 6.07) is 4.67. The third-order valence-electron chi connectivity index (χ3n) is 3.37. The zero-order valence-corrected chi connectivity index (χ0v) is 12.5. The van der Waals surface area contributed by atoms with E-state index < -0.39 is 0 Å². The Bertz CT molecular complexity index is 568. The first-order chi connectivity index (χ1) is 9.61. The number of hydrogen-bond acceptors (Lipinski definition) is 2. The summed E-state index contributed by atoms with van der Waals surface area (Å²) in [5, 5.41) is 3.87. The van der Waals surface area contributed by atoms with Crippen LogP contribution in [0.2, 0.25) is 5.02 Å². The number of rotatable bonds is 6. The predicted octanol–water partition coefficient (Wildman–Crippen LogP) is 3.50. The van der Waals surface area contributed by atoms with Gasteiger partial charge in [-0.15, -0.1) is 0 Å². The molecule has 2 rings (SSSR count). The topological polar surface area (TPSA) is 29.9 Å². The van der Waals surface area contributed by atoms with Crippen LogP contribution in [0.3, 0.4) is 0 Å². The molecule has 0 spiro atoms. The number of imidazole rings is 1. The molecule has 0 radical (unpaired) electrons. The van der Waals surface area contributed by atoms with Crippen LogP contribution in [0.5, 0.6) is 0 Å². The standard InChI is InChI=1S/C15H19ClFN3/c1-3-18-14(6-7-15-19-8-9-20(15)2)12-5-4-11(17)10-13(12)16/h4-5,8-10,14,18H,3,6-7H2,1-2H3. The predicted molar refractivity (Wildman–Crippen MR) is 79.4 cm³/mol. The highest BCUT2D eigenvalue weighted by atomic mass is 35.5. The highest BCUT2D eigenvalue weighted by molar-refractivity contribution is 6.31. The third kappa shape index (κ3) is 3.58. The van der Waals surface area contributed by atoms with E-state index in [9.17, 15) is 4.39 Å². The molecule has 0 amide bonds. The zero-order valence-electron chi connectivity index (χ0n) is 11.7. The Hall–Kier alpha value is -1.39. The minimum absolute atomic E-state index is 0.102. The van der Waals surface area contributed by atoms with Crippen molar-refractivity contribution in [1.82, 2.24) is 14.9 Å². The maximum absolute atomic E-state index is 13.1. The molecule has 0 aliphatic heterocycles. The molecule has 5 heteroatoms. The van der Waals surface area contributed by atoms with Gasteiger partial charge < -0.3 is 9.88 Å². The van der Waals surface area contributed by atoms with Crippen molar-refractivity contribution in [2.24, 2.45) is 7.05 Å². The van der Waals surface area contributed by atoms with E-state index in [4.69, 9.17) is 11.6 Å². The molecule has 2 aromatic rings. The van der Waals surface area contributed by atoms with Crippen LogP contribution in [0.25, 0.3) is 0 Å². The summed E-state index contributed by atoms with van der Waals surface area (Å²) < 4.78 is 15.1. The lowest BCUT2D eigenvalue weighted by Crippen LogP contribution is -2.22. The summed E-state index contributed by atoms with van der Waals surface area (Å²) in [6.45, 7) is 2.88. The minimum Gasteiger partial charge on any atom is -0.338 e. The lowest BCUT2D eigenvalue weighted by Gasteiger charge is -2.19. The maximum atomic E-state index is 13.1. The van der Waals surface area contributed by atoms with E-state index >= 15 is 0 Å². The van der Waals surface area contributed by atoms with Crippen LogP contribution in [0.15, 0.2) is 30.6 Å². The van der Waals surface area contributed by atoms with Crippen molar-refractivity contribution in [3.8, 4) is 0 Å². The summed E-state index contributed by atoms with van der Waals surface area (Å²) >= 11 is 6.15. The average Bonchev–Trinajstić information content (AvgIpc) is 2.81. The quantitative estimate of drug-likeness (QED) is 0.884. The molecule has 1 aromatic carbocycles.